The Bertz CT molecular complexity index is 1030. The lowest BCUT2D eigenvalue weighted by atomic mass is 10.0. The molecule has 7 nitrogen and oxygen atoms in total. The van der Waals surface area contributed by atoms with Crippen LogP contribution in [-0.4, -0.2) is 31.9 Å². The molecule has 0 saturated carbocycles. The summed E-state index contributed by atoms with van der Waals surface area (Å²) in [4.78, 5) is 34.6. The van der Waals surface area contributed by atoms with Crippen LogP contribution in [-0.2, 0) is 4.79 Å². The van der Waals surface area contributed by atoms with E-state index in [4.69, 9.17) is 11.6 Å². The number of aromatic nitrogens is 3. The number of imidazole rings is 1. The number of halogens is 1. The zero-order valence-corrected chi connectivity index (χ0v) is 17.6. The minimum atomic E-state index is -1.09. The zero-order chi connectivity index (χ0) is 21.5. The maximum Gasteiger partial charge on any atom is 0.405 e. The van der Waals surface area contributed by atoms with E-state index in [1.807, 2.05) is 31.2 Å². The van der Waals surface area contributed by atoms with Gasteiger partial charge < -0.3 is 15.4 Å². The van der Waals surface area contributed by atoms with Gasteiger partial charge in [-0.05, 0) is 37.1 Å². The van der Waals surface area contributed by atoms with Gasteiger partial charge in [-0.3, -0.25) is 4.79 Å². The third kappa shape index (κ3) is 5.79. The van der Waals surface area contributed by atoms with Crippen molar-refractivity contribution in [2.45, 2.75) is 51.5 Å². The highest BCUT2D eigenvalue weighted by atomic mass is 35.5. The smallest absolute Gasteiger partial charge is 0.405 e. The summed E-state index contributed by atoms with van der Waals surface area (Å²) in [7, 11) is 0. The Kier molecular flexibility index (Phi) is 7.41. The van der Waals surface area contributed by atoms with Crippen molar-refractivity contribution < 1.29 is 14.7 Å². The van der Waals surface area contributed by atoms with Crippen LogP contribution < -0.4 is 5.32 Å². The number of hydrogen-bond acceptors (Lipinski definition) is 4. The second kappa shape index (κ2) is 10.2. The summed E-state index contributed by atoms with van der Waals surface area (Å²) in [5, 5.41) is 13.1. The van der Waals surface area contributed by atoms with Crippen LogP contribution in [0.4, 0.5) is 4.79 Å². The van der Waals surface area contributed by atoms with E-state index in [-0.39, 0.29) is 5.78 Å². The molecule has 0 aliphatic heterocycles. The van der Waals surface area contributed by atoms with Crippen molar-refractivity contribution in [3.63, 3.8) is 0 Å². The number of nitrogens with one attached hydrogen (secondary N) is 2. The number of amides is 1. The Morgan fingerprint density at radius 3 is 2.80 bits per heavy atom. The average molecular weight is 429 g/mol. The molecule has 1 atom stereocenters. The molecule has 0 fully saturated rings. The number of carbonyl (C=O) groups is 2. The summed E-state index contributed by atoms with van der Waals surface area (Å²) in [6.07, 6.45) is 4.88. The van der Waals surface area contributed by atoms with Gasteiger partial charge in [-0.1, -0.05) is 37.4 Å². The molecule has 0 spiro atoms. The van der Waals surface area contributed by atoms with Crippen LogP contribution in [0.1, 0.15) is 57.3 Å². The lowest BCUT2D eigenvalue weighted by Crippen LogP contribution is -2.27. The number of carboxylic acid groups (broad SMARTS) is 1. The number of ketones is 1. The van der Waals surface area contributed by atoms with Gasteiger partial charge in [0.1, 0.15) is 16.8 Å². The first-order valence-corrected chi connectivity index (χ1v) is 10.5. The van der Waals surface area contributed by atoms with Crippen LogP contribution >= 0.6 is 11.6 Å². The molecular weight excluding hydrogens is 404 g/mol. The molecule has 0 aliphatic carbocycles. The molecule has 158 valence electrons. The third-order valence-corrected chi connectivity index (χ3v) is 5.24. The standard InChI is InChI=1S/C22H25ClN4O3/c1-2-16(28)6-4-3-5-7-18(27-22(29)30)21-24-13-19(26-21)15-8-10-17-14(12-15)9-11-20(23)25-17/h8-13,18,27H,2-7H2,1H3,(H,24,26)(H,29,30). The fraction of sp³-hybridized carbons (Fsp3) is 0.364. The van der Waals surface area contributed by atoms with Crippen LogP contribution in [0.5, 0.6) is 0 Å². The highest BCUT2D eigenvalue weighted by Crippen LogP contribution is 2.26. The second-order valence-electron chi connectivity index (χ2n) is 7.22. The molecule has 0 aliphatic rings. The summed E-state index contributed by atoms with van der Waals surface area (Å²) in [5.74, 6) is 0.838. The van der Waals surface area contributed by atoms with Gasteiger partial charge in [0.15, 0.2) is 0 Å². The van der Waals surface area contributed by atoms with E-state index < -0.39 is 12.1 Å². The van der Waals surface area contributed by atoms with Crippen molar-refractivity contribution in [3.8, 4) is 11.3 Å². The molecule has 0 bridgehead atoms. The van der Waals surface area contributed by atoms with E-state index in [9.17, 15) is 14.7 Å². The van der Waals surface area contributed by atoms with Crippen LogP contribution in [0.25, 0.3) is 22.2 Å². The number of rotatable bonds is 10. The van der Waals surface area contributed by atoms with Gasteiger partial charge >= 0.3 is 6.09 Å². The fourth-order valence-corrected chi connectivity index (χ4v) is 3.53. The van der Waals surface area contributed by atoms with Gasteiger partial charge in [-0.15, -0.1) is 0 Å². The lowest BCUT2D eigenvalue weighted by Gasteiger charge is -2.14. The third-order valence-electron chi connectivity index (χ3n) is 5.03. The lowest BCUT2D eigenvalue weighted by molar-refractivity contribution is -0.118. The summed E-state index contributed by atoms with van der Waals surface area (Å²) in [6, 6.07) is 9.02. The van der Waals surface area contributed by atoms with E-state index >= 15 is 0 Å². The molecule has 3 aromatic rings. The van der Waals surface area contributed by atoms with Crippen molar-refractivity contribution >= 4 is 34.4 Å². The number of unbranched alkanes of at least 4 members (excludes halogenated alkanes) is 2. The Balaban J connectivity index is 1.69. The van der Waals surface area contributed by atoms with Crippen molar-refractivity contribution in [2.75, 3.05) is 0 Å². The van der Waals surface area contributed by atoms with E-state index in [1.165, 1.54) is 0 Å². The predicted octanol–water partition coefficient (Wildman–Crippen LogP) is 5.52. The summed E-state index contributed by atoms with van der Waals surface area (Å²) in [5.41, 5.74) is 2.53. The van der Waals surface area contributed by atoms with Gasteiger partial charge in [0, 0.05) is 23.8 Å². The molecule has 0 radical (unpaired) electrons. The minimum Gasteiger partial charge on any atom is -0.465 e. The highest BCUT2D eigenvalue weighted by Gasteiger charge is 2.18. The number of nitrogens with zero attached hydrogens (tertiary/aromatic N) is 2. The summed E-state index contributed by atoms with van der Waals surface area (Å²) < 4.78 is 0. The normalized spacial score (nSPS) is 12.1. The van der Waals surface area contributed by atoms with Gasteiger partial charge in [0.2, 0.25) is 0 Å². The SMILES string of the molecule is CCC(=O)CCCCCC(NC(=O)O)c1ncc(-c2ccc3nc(Cl)ccc3c2)[nH]1. The van der Waals surface area contributed by atoms with Crippen molar-refractivity contribution in [2.24, 2.45) is 0 Å². The Morgan fingerprint density at radius 1 is 1.20 bits per heavy atom. The van der Waals surface area contributed by atoms with Crippen LogP contribution in [0, 0.1) is 0 Å². The molecule has 1 aromatic carbocycles. The maximum atomic E-state index is 11.4. The number of hydrogen-bond donors (Lipinski definition) is 3. The first kappa shape index (κ1) is 21.8. The highest BCUT2D eigenvalue weighted by molar-refractivity contribution is 6.29. The van der Waals surface area contributed by atoms with Crippen LogP contribution in [0.3, 0.4) is 0 Å². The van der Waals surface area contributed by atoms with E-state index in [1.54, 1.807) is 12.3 Å². The molecule has 2 aromatic heterocycles. The second-order valence-corrected chi connectivity index (χ2v) is 7.60. The Labute approximate surface area is 179 Å². The number of fused-ring (bicyclic) bond motifs is 1. The molecule has 1 amide bonds. The van der Waals surface area contributed by atoms with Gasteiger partial charge in [0.05, 0.1) is 23.4 Å². The number of Topliss-reactive ketones (excluding diaryl/α,β-unsaturated/α-hetero) is 1. The van der Waals surface area contributed by atoms with Gasteiger partial charge in [-0.2, -0.15) is 0 Å². The molecule has 3 N–H and O–H groups in total. The van der Waals surface area contributed by atoms with E-state index in [0.29, 0.717) is 30.2 Å². The summed E-state index contributed by atoms with van der Waals surface area (Å²) in [6.45, 7) is 1.87. The Morgan fingerprint density at radius 2 is 2.03 bits per heavy atom. The monoisotopic (exact) mass is 428 g/mol. The topological polar surface area (TPSA) is 108 Å². The molecule has 2 heterocycles. The molecule has 8 heteroatoms. The molecule has 1 unspecified atom stereocenters. The predicted molar refractivity (Wildman–Crippen MR) is 117 cm³/mol. The number of aromatic amines is 1. The van der Waals surface area contributed by atoms with Crippen molar-refractivity contribution in [1.82, 2.24) is 20.3 Å². The largest absolute Gasteiger partial charge is 0.465 e. The number of carbonyl (C=O) groups excluding carboxylic acids is 1. The van der Waals surface area contributed by atoms with Crippen LogP contribution in [0.2, 0.25) is 5.15 Å². The van der Waals surface area contributed by atoms with Crippen LogP contribution in [0.15, 0.2) is 36.5 Å². The minimum absolute atomic E-state index is 0.263. The number of pyridine rings is 1. The molecule has 30 heavy (non-hydrogen) atoms. The van der Waals surface area contributed by atoms with Crippen molar-refractivity contribution in [1.29, 1.82) is 0 Å². The van der Waals surface area contributed by atoms with Gasteiger partial charge in [-0.25, -0.2) is 14.8 Å². The summed E-state index contributed by atoms with van der Waals surface area (Å²) >= 11 is 5.94. The number of benzene rings is 1. The zero-order valence-electron chi connectivity index (χ0n) is 16.8. The average Bonchev–Trinajstić information content (AvgIpc) is 3.22. The quantitative estimate of drug-likeness (QED) is 0.291. The van der Waals surface area contributed by atoms with E-state index in [2.05, 4.69) is 20.3 Å². The van der Waals surface area contributed by atoms with Crippen molar-refractivity contribution in [3.05, 3.63) is 47.5 Å². The molecular formula is C22H25ClN4O3. The molecule has 3 rings (SSSR count). The van der Waals surface area contributed by atoms with Gasteiger partial charge in [0.25, 0.3) is 0 Å². The molecule has 0 saturated heterocycles. The Hall–Kier alpha value is -2.93. The first-order chi connectivity index (χ1) is 14.5. The first-order valence-electron chi connectivity index (χ1n) is 10.1. The van der Waals surface area contributed by atoms with E-state index in [0.717, 1.165) is 41.4 Å². The fourth-order valence-electron chi connectivity index (χ4n) is 3.38. The maximum absolute atomic E-state index is 11.4. The number of H-pyrrole nitrogens is 1.